The van der Waals surface area contributed by atoms with Gasteiger partial charge in [-0.1, -0.05) is 34.0 Å². The molecule has 20 heavy (non-hydrogen) atoms. The van der Waals surface area contributed by atoms with Crippen molar-refractivity contribution in [2.45, 2.75) is 44.2 Å². The Kier molecular flexibility index (Phi) is 4.71. The Morgan fingerprint density at radius 1 is 1.25 bits per heavy atom. The topological polar surface area (TPSA) is 29.3 Å². The van der Waals surface area contributed by atoms with Gasteiger partial charge in [0.1, 0.15) is 0 Å². The highest BCUT2D eigenvalue weighted by Crippen LogP contribution is 2.44. The zero-order valence-electron chi connectivity index (χ0n) is 11.7. The predicted molar refractivity (Wildman–Crippen MR) is 88.0 cm³/mol. The van der Waals surface area contributed by atoms with Gasteiger partial charge in [0.05, 0.1) is 0 Å². The van der Waals surface area contributed by atoms with Gasteiger partial charge in [0.2, 0.25) is 0 Å². The molecule has 110 valence electrons. The summed E-state index contributed by atoms with van der Waals surface area (Å²) < 4.78 is 1.10. The van der Waals surface area contributed by atoms with Gasteiger partial charge in [-0.15, -0.1) is 0 Å². The Labute approximate surface area is 134 Å². The minimum atomic E-state index is 0.389. The third kappa shape index (κ3) is 3.06. The van der Waals surface area contributed by atoms with Crippen molar-refractivity contribution in [3.8, 4) is 0 Å². The molecule has 0 radical (unpaired) electrons. The van der Waals surface area contributed by atoms with Gasteiger partial charge < -0.3 is 5.73 Å². The molecule has 1 aliphatic carbocycles. The van der Waals surface area contributed by atoms with Gasteiger partial charge in [0.15, 0.2) is 0 Å². The molecule has 2 unspecified atom stereocenters. The Balaban J connectivity index is 2.00. The molecule has 2 fully saturated rings. The van der Waals surface area contributed by atoms with Crippen LogP contribution in [-0.2, 0) is 0 Å². The van der Waals surface area contributed by atoms with Crippen LogP contribution < -0.4 is 5.73 Å². The Hall–Kier alpha value is -0.0900. The van der Waals surface area contributed by atoms with Crippen molar-refractivity contribution >= 4 is 27.5 Å². The maximum atomic E-state index is 6.51. The fourth-order valence-corrected chi connectivity index (χ4v) is 4.11. The van der Waals surface area contributed by atoms with E-state index in [1.54, 1.807) is 0 Å². The summed E-state index contributed by atoms with van der Waals surface area (Å²) in [6, 6.07) is 7.35. The minimum absolute atomic E-state index is 0.389. The van der Waals surface area contributed by atoms with Crippen molar-refractivity contribution < 1.29 is 0 Å². The zero-order chi connectivity index (χ0) is 14.1. The third-order valence-corrected chi connectivity index (χ3v) is 5.48. The van der Waals surface area contributed by atoms with Crippen molar-refractivity contribution in [1.82, 2.24) is 4.90 Å². The van der Waals surface area contributed by atoms with Gasteiger partial charge >= 0.3 is 0 Å². The largest absolute Gasteiger partial charge is 0.330 e. The first-order valence-corrected chi connectivity index (χ1v) is 8.78. The maximum Gasteiger partial charge on any atom is 0.0454 e. The summed E-state index contributed by atoms with van der Waals surface area (Å²) in [5.74, 6) is 0.518. The van der Waals surface area contributed by atoms with Gasteiger partial charge in [-0.25, -0.2) is 0 Å². The monoisotopic (exact) mass is 356 g/mol. The SMILES string of the molecule is NCC1CCCCN(C2CC2)C1c1cc(Br)ccc1Cl. The normalized spacial score (nSPS) is 28.4. The zero-order valence-corrected chi connectivity index (χ0v) is 14.0. The first-order chi connectivity index (χ1) is 9.70. The molecule has 3 rings (SSSR count). The number of rotatable bonds is 3. The van der Waals surface area contributed by atoms with Crippen molar-refractivity contribution in [2.24, 2.45) is 11.7 Å². The van der Waals surface area contributed by atoms with Gasteiger partial charge in [-0.2, -0.15) is 0 Å². The second kappa shape index (κ2) is 6.35. The number of halogens is 2. The Morgan fingerprint density at radius 2 is 2.05 bits per heavy atom. The number of hydrogen-bond acceptors (Lipinski definition) is 2. The van der Waals surface area contributed by atoms with E-state index >= 15 is 0 Å². The van der Waals surface area contributed by atoms with Crippen LogP contribution in [0.3, 0.4) is 0 Å². The van der Waals surface area contributed by atoms with Gasteiger partial charge in [-0.3, -0.25) is 4.90 Å². The smallest absolute Gasteiger partial charge is 0.0454 e. The van der Waals surface area contributed by atoms with E-state index in [2.05, 4.69) is 26.9 Å². The maximum absolute atomic E-state index is 6.51. The second-order valence-corrected chi connectivity index (χ2v) is 7.39. The lowest BCUT2D eigenvalue weighted by atomic mass is 9.89. The fraction of sp³-hybridized carbons (Fsp3) is 0.625. The summed E-state index contributed by atoms with van der Waals surface area (Å²) in [7, 11) is 0. The minimum Gasteiger partial charge on any atom is -0.330 e. The molecule has 1 aromatic carbocycles. The van der Waals surface area contributed by atoms with E-state index in [0.717, 1.165) is 22.1 Å². The summed E-state index contributed by atoms with van der Waals surface area (Å²) in [4.78, 5) is 2.68. The van der Waals surface area contributed by atoms with Crippen LogP contribution in [0.25, 0.3) is 0 Å². The van der Waals surface area contributed by atoms with Crippen molar-refractivity contribution in [1.29, 1.82) is 0 Å². The highest BCUT2D eigenvalue weighted by atomic mass is 79.9. The molecular formula is C16H22BrClN2. The van der Waals surface area contributed by atoms with E-state index in [0.29, 0.717) is 12.0 Å². The van der Waals surface area contributed by atoms with E-state index < -0.39 is 0 Å². The lowest BCUT2D eigenvalue weighted by Gasteiger charge is -2.36. The predicted octanol–water partition coefficient (Wildman–Crippen LogP) is 4.37. The summed E-state index contributed by atoms with van der Waals surface area (Å²) in [6.45, 7) is 1.94. The lowest BCUT2D eigenvalue weighted by molar-refractivity contribution is 0.149. The van der Waals surface area contributed by atoms with Crippen molar-refractivity contribution in [2.75, 3.05) is 13.1 Å². The van der Waals surface area contributed by atoms with Gasteiger partial charge in [0, 0.05) is 21.6 Å². The van der Waals surface area contributed by atoms with Crippen LogP contribution in [0, 0.1) is 5.92 Å². The van der Waals surface area contributed by atoms with Crippen LogP contribution in [0.2, 0.25) is 5.02 Å². The number of hydrogen-bond donors (Lipinski definition) is 1. The molecule has 1 heterocycles. The standard InChI is InChI=1S/C16H22BrClN2/c17-12-4-7-15(18)14(9-12)16-11(10-19)3-1-2-8-20(16)13-5-6-13/h4,7,9,11,13,16H,1-3,5-6,8,10,19H2. The van der Waals surface area contributed by atoms with Crippen LogP contribution in [0.15, 0.2) is 22.7 Å². The van der Waals surface area contributed by atoms with Crippen molar-refractivity contribution in [3.63, 3.8) is 0 Å². The molecule has 1 saturated heterocycles. The van der Waals surface area contributed by atoms with E-state index in [9.17, 15) is 0 Å². The van der Waals surface area contributed by atoms with Crippen LogP contribution in [-0.4, -0.2) is 24.0 Å². The highest BCUT2D eigenvalue weighted by Gasteiger charge is 2.39. The van der Waals surface area contributed by atoms with E-state index in [4.69, 9.17) is 17.3 Å². The average Bonchev–Trinajstić information content (AvgIpc) is 3.26. The molecule has 2 aliphatic rings. The van der Waals surface area contributed by atoms with Crippen LogP contribution >= 0.6 is 27.5 Å². The van der Waals surface area contributed by atoms with Crippen LogP contribution in [0.1, 0.15) is 43.7 Å². The van der Waals surface area contributed by atoms with Crippen LogP contribution in [0.4, 0.5) is 0 Å². The molecule has 0 spiro atoms. The molecule has 0 amide bonds. The lowest BCUT2D eigenvalue weighted by Crippen LogP contribution is -2.37. The van der Waals surface area contributed by atoms with E-state index in [1.165, 1.54) is 44.2 Å². The molecule has 1 saturated carbocycles. The number of benzene rings is 1. The molecule has 2 N–H and O–H groups in total. The first kappa shape index (κ1) is 14.8. The molecule has 0 bridgehead atoms. The van der Waals surface area contributed by atoms with Gasteiger partial charge in [-0.05, 0) is 68.5 Å². The molecule has 1 aromatic rings. The highest BCUT2D eigenvalue weighted by molar-refractivity contribution is 9.10. The summed E-state index contributed by atoms with van der Waals surface area (Å²) in [6.07, 6.45) is 6.45. The Bertz CT molecular complexity index is 476. The third-order valence-electron chi connectivity index (χ3n) is 4.64. The van der Waals surface area contributed by atoms with Crippen LogP contribution in [0.5, 0.6) is 0 Å². The summed E-state index contributed by atoms with van der Waals surface area (Å²) in [5.41, 5.74) is 7.34. The van der Waals surface area contributed by atoms with E-state index in [-0.39, 0.29) is 0 Å². The molecule has 2 atom stereocenters. The average molecular weight is 358 g/mol. The van der Waals surface area contributed by atoms with Crippen molar-refractivity contribution in [3.05, 3.63) is 33.3 Å². The number of likely N-dealkylation sites (tertiary alicyclic amines) is 1. The number of nitrogens with zero attached hydrogens (tertiary/aromatic N) is 1. The van der Waals surface area contributed by atoms with Gasteiger partial charge in [0.25, 0.3) is 0 Å². The van der Waals surface area contributed by atoms with E-state index in [1.807, 2.05) is 12.1 Å². The fourth-order valence-electron chi connectivity index (χ4n) is 3.51. The summed E-state index contributed by atoms with van der Waals surface area (Å²) in [5, 5.41) is 0.879. The molecule has 4 heteroatoms. The second-order valence-electron chi connectivity index (χ2n) is 6.07. The summed E-state index contributed by atoms with van der Waals surface area (Å²) >= 11 is 10.1. The molecule has 2 nitrogen and oxygen atoms in total. The molecular weight excluding hydrogens is 336 g/mol. The molecule has 0 aromatic heterocycles. The quantitative estimate of drug-likeness (QED) is 0.870. The first-order valence-electron chi connectivity index (χ1n) is 7.61. The number of nitrogens with two attached hydrogens (primary N) is 1. The Morgan fingerprint density at radius 3 is 2.75 bits per heavy atom. The molecule has 1 aliphatic heterocycles.